The Labute approximate surface area is 82.5 Å². The maximum atomic E-state index is 12.2. The highest BCUT2D eigenvalue weighted by atomic mass is 19.4. The van der Waals surface area contributed by atoms with Gasteiger partial charge in [0.25, 0.3) is 0 Å². The zero-order valence-corrected chi connectivity index (χ0v) is 8.78. The van der Waals surface area contributed by atoms with E-state index in [4.69, 9.17) is 0 Å². The van der Waals surface area contributed by atoms with Crippen LogP contribution in [0, 0.1) is 0 Å². The van der Waals surface area contributed by atoms with E-state index in [0.717, 1.165) is 0 Å². The lowest BCUT2D eigenvalue weighted by atomic mass is 9.99. The third kappa shape index (κ3) is 3.46. The molecular weight excluding hydrogens is 193 g/mol. The molecule has 1 rings (SSSR count). The molecule has 0 amide bonds. The molecule has 0 saturated carbocycles. The highest BCUT2D eigenvalue weighted by Crippen LogP contribution is 2.22. The predicted molar refractivity (Wildman–Crippen MR) is 49.2 cm³/mol. The Kier molecular flexibility index (Phi) is 3.11. The number of alkyl halides is 3. The van der Waals surface area contributed by atoms with Crippen molar-refractivity contribution < 1.29 is 13.2 Å². The molecule has 1 fully saturated rings. The van der Waals surface area contributed by atoms with Crippen molar-refractivity contribution in [2.24, 2.45) is 0 Å². The molecule has 0 spiro atoms. The molecule has 1 atom stereocenters. The average Bonchev–Trinajstić information content (AvgIpc) is 1.93. The van der Waals surface area contributed by atoms with E-state index in [9.17, 15) is 13.2 Å². The number of hydrogen-bond acceptors (Lipinski definition) is 2. The number of piperazine rings is 1. The van der Waals surface area contributed by atoms with Gasteiger partial charge in [0.15, 0.2) is 0 Å². The molecule has 1 aliphatic heterocycles. The van der Waals surface area contributed by atoms with Gasteiger partial charge >= 0.3 is 6.18 Å². The molecule has 0 aromatic heterocycles. The minimum atomic E-state index is -4.10. The van der Waals surface area contributed by atoms with E-state index in [1.54, 1.807) is 0 Å². The summed E-state index contributed by atoms with van der Waals surface area (Å²) in [5.41, 5.74) is -0.224. The fourth-order valence-corrected chi connectivity index (χ4v) is 1.71. The van der Waals surface area contributed by atoms with Gasteiger partial charge in [-0.05, 0) is 20.8 Å². The van der Waals surface area contributed by atoms with Gasteiger partial charge in [0.2, 0.25) is 0 Å². The lowest BCUT2D eigenvalue weighted by Crippen LogP contribution is -2.62. The van der Waals surface area contributed by atoms with Crippen molar-refractivity contribution in [1.29, 1.82) is 0 Å². The summed E-state index contributed by atoms with van der Waals surface area (Å²) in [6.45, 7) is 5.90. The highest BCUT2D eigenvalue weighted by Gasteiger charge is 2.37. The Morgan fingerprint density at radius 3 is 2.50 bits per heavy atom. The van der Waals surface area contributed by atoms with Crippen LogP contribution in [-0.4, -0.2) is 42.3 Å². The summed E-state index contributed by atoms with van der Waals surface area (Å²) in [4.78, 5) is 1.48. The second-order valence-corrected chi connectivity index (χ2v) is 4.63. The van der Waals surface area contributed by atoms with Gasteiger partial charge in [-0.15, -0.1) is 0 Å². The van der Waals surface area contributed by atoms with Crippen molar-refractivity contribution in [3.05, 3.63) is 0 Å². The Balaban J connectivity index is 2.58. The van der Waals surface area contributed by atoms with Crippen molar-refractivity contribution in [2.75, 3.05) is 19.6 Å². The van der Waals surface area contributed by atoms with Crippen molar-refractivity contribution >= 4 is 0 Å². The molecule has 1 unspecified atom stereocenters. The first-order valence-corrected chi connectivity index (χ1v) is 4.75. The van der Waals surface area contributed by atoms with Gasteiger partial charge in [-0.3, -0.25) is 4.90 Å². The van der Waals surface area contributed by atoms with Crippen LogP contribution in [0.1, 0.15) is 20.8 Å². The first-order valence-electron chi connectivity index (χ1n) is 4.75. The van der Waals surface area contributed by atoms with Gasteiger partial charge in [-0.2, -0.15) is 13.2 Å². The normalized spacial score (nSPS) is 29.1. The molecule has 14 heavy (non-hydrogen) atoms. The maximum Gasteiger partial charge on any atom is 0.401 e. The smallest absolute Gasteiger partial charge is 0.309 e. The Hall–Kier alpha value is -0.290. The van der Waals surface area contributed by atoms with Crippen LogP contribution >= 0.6 is 0 Å². The predicted octanol–water partition coefficient (Wildman–Crippen LogP) is 1.62. The summed E-state index contributed by atoms with van der Waals surface area (Å²) in [6.07, 6.45) is -4.10. The third-order valence-corrected chi connectivity index (χ3v) is 2.48. The van der Waals surface area contributed by atoms with E-state index < -0.39 is 12.7 Å². The van der Waals surface area contributed by atoms with Gasteiger partial charge in [0.1, 0.15) is 0 Å². The Morgan fingerprint density at radius 1 is 1.43 bits per heavy atom. The molecule has 0 aromatic rings. The topological polar surface area (TPSA) is 15.3 Å². The molecule has 1 N–H and O–H groups in total. The van der Waals surface area contributed by atoms with E-state index >= 15 is 0 Å². The molecule has 5 heteroatoms. The molecule has 2 nitrogen and oxygen atoms in total. The standard InChI is InChI=1S/C9H17F3N2/c1-7-4-13-8(2,3)5-14(7)6-9(10,11)12/h7,13H,4-6H2,1-3H3. The summed E-state index contributed by atoms with van der Waals surface area (Å²) < 4.78 is 36.6. The van der Waals surface area contributed by atoms with Gasteiger partial charge < -0.3 is 5.32 Å². The Bertz CT molecular complexity index is 199. The van der Waals surface area contributed by atoms with Crippen molar-refractivity contribution in [3.8, 4) is 0 Å². The van der Waals surface area contributed by atoms with Crippen LogP contribution < -0.4 is 5.32 Å². The first-order chi connectivity index (χ1) is 6.20. The molecule has 1 aliphatic rings. The monoisotopic (exact) mass is 210 g/mol. The van der Waals surface area contributed by atoms with Crippen LogP contribution in [0.2, 0.25) is 0 Å². The van der Waals surface area contributed by atoms with Crippen molar-refractivity contribution in [3.63, 3.8) is 0 Å². The summed E-state index contributed by atoms with van der Waals surface area (Å²) in [7, 11) is 0. The zero-order valence-electron chi connectivity index (χ0n) is 8.78. The molecule has 84 valence electrons. The van der Waals surface area contributed by atoms with Crippen LogP contribution in [-0.2, 0) is 0 Å². The second kappa shape index (κ2) is 3.70. The Morgan fingerprint density at radius 2 is 2.00 bits per heavy atom. The summed E-state index contributed by atoms with van der Waals surface area (Å²) in [5.74, 6) is 0. The van der Waals surface area contributed by atoms with Gasteiger partial charge in [0.05, 0.1) is 6.54 Å². The van der Waals surface area contributed by atoms with Crippen LogP contribution in [0.5, 0.6) is 0 Å². The number of nitrogens with zero attached hydrogens (tertiary/aromatic N) is 1. The number of halogens is 3. The van der Waals surface area contributed by atoms with E-state index in [1.165, 1.54) is 4.90 Å². The van der Waals surface area contributed by atoms with Gasteiger partial charge in [-0.25, -0.2) is 0 Å². The van der Waals surface area contributed by atoms with Gasteiger partial charge in [-0.1, -0.05) is 0 Å². The molecule has 0 bridgehead atoms. The van der Waals surface area contributed by atoms with Crippen LogP contribution in [0.4, 0.5) is 13.2 Å². The second-order valence-electron chi connectivity index (χ2n) is 4.63. The van der Waals surface area contributed by atoms with E-state index in [2.05, 4.69) is 5.32 Å². The highest BCUT2D eigenvalue weighted by molar-refractivity contribution is 4.91. The quantitative estimate of drug-likeness (QED) is 0.707. The van der Waals surface area contributed by atoms with Crippen LogP contribution in [0.25, 0.3) is 0 Å². The average molecular weight is 210 g/mol. The lowest BCUT2D eigenvalue weighted by Gasteiger charge is -2.43. The molecule has 1 heterocycles. The van der Waals surface area contributed by atoms with Crippen molar-refractivity contribution in [2.45, 2.75) is 38.5 Å². The third-order valence-electron chi connectivity index (χ3n) is 2.48. The fourth-order valence-electron chi connectivity index (χ4n) is 1.71. The summed E-state index contributed by atoms with van der Waals surface area (Å²) in [6, 6.07) is -0.0513. The zero-order chi connectivity index (χ0) is 11.0. The summed E-state index contributed by atoms with van der Waals surface area (Å²) >= 11 is 0. The molecule has 1 saturated heterocycles. The van der Waals surface area contributed by atoms with E-state index in [1.807, 2.05) is 20.8 Å². The van der Waals surface area contributed by atoms with E-state index in [0.29, 0.717) is 13.1 Å². The fraction of sp³-hybridized carbons (Fsp3) is 1.00. The molecular formula is C9H17F3N2. The molecule has 0 radical (unpaired) electrons. The van der Waals surface area contributed by atoms with Crippen LogP contribution in [0.15, 0.2) is 0 Å². The maximum absolute atomic E-state index is 12.2. The molecule has 0 aliphatic carbocycles. The number of hydrogen-bond donors (Lipinski definition) is 1. The minimum absolute atomic E-state index is 0.0513. The molecule has 0 aromatic carbocycles. The SMILES string of the molecule is CC1CNC(C)(C)CN1CC(F)(F)F. The van der Waals surface area contributed by atoms with Crippen LogP contribution in [0.3, 0.4) is 0 Å². The first kappa shape index (κ1) is 11.8. The minimum Gasteiger partial charge on any atom is -0.309 e. The number of nitrogens with one attached hydrogen (secondary N) is 1. The number of rotatable bonds is 1. The van der Waals surface area contributed by atoms with E-state index in [-0.39, 0.29) is 11.6 Å². The van der Waals surface area contributed by atoms with Crippen molar-refractivity contribution in [1.82, 2.24) is 10.2 Å². The lowest BCUT2D eigenvalue weighted by molar-refractivity contribution is -0.155. The largest absolute Gasteiger partial charge is 0.401 e. The summed E-state index contributed by atoms with van der Waals surface area (Å²) in [5, 5.41) is 3.21. The van der Waals surface area contributed by atoms with Gasteiger partial charge in [0, 0.05) is 24.7 Å².